The van der Waals surface area contributed by atoms with Crippen LogP contribution in [0.1, 0.15) is 36.0 Å². The summed E-state index contributed by atoms with van der Waals surface area (Å²) in [6.45, 7) is 1.31. The number of aliphatic carboxylic acids is 1. The van der Waals surface area contributed by atoms with E-state index in [0.29, 0.717) is 18.1 Å². The Morgan fingerprint density at radius 3 is 1.94 bits per heavy atom. The molecule has 0 spiro atoms. The summed E-state index contributed by atoms with van der Waals surface area (Å²) in [5.74, 6) is -0.794. The summed E-state index contributed by atoms with van der Waals surface area (Å²) in [4.78, 5) is 25.5. The number of ketones is 1. The van der Waals surface area contributed by atoms with Crippen molar-refractivity contribution in [1.82, 2.24) is 0 Å². The Morgan fingerprint density at radius 2 is 1.45 bits per heavy atom. The van der Waals surface area contributed by atoms with Gasteiger partial charge in [-0.3, -0.25) is 9.59 Å². The number of nitrogens with zero attached hydrogens (tertiary/aromatic N) is 1. The Bertz CT molecular complexity index is 1030. The fraction of sp³-hybridized carbons (Fsp3) is 0.231. The molecular weight excluding hydrogens is 410 g/mol. The van der Waals surface area contributed by atoms with Crippen molar-refractivity contribution in [3.8, 4) is 0 Å². The van der Waals surface area contributed by atoms with Gasteiger partial charge in [-0.05, 0) is 28.8 Å². The zero-order valence-electron chi connectivity index (χ0n) is 17.1. The summed E-state index contributed by atoms with van der Waals surface area (Å²) < 4.78 is 0. The summed E-state index contributed by atoms with van der Waals surface area (Å²) in [6, 6.07) is 26.0. The van der Waals surface area contributed by atoms with Crippen LogP contribution in [0.4, 0.5) is 5.69 Å². The first-order chi connectivity index (χ1) is 14.9. The van der Waals surface area contributed by atoms with Gasteiger partial charge in [0.1, 0.15) is 5.78 Å². The maximum absolute atomic E-state index is 11.8. The van der Waals surface area contributed by atoms with Crippen molar-refractivity contribution in [2.24, 2.45) is 0 Å². The van der Waals surface area contributed by atoms with Crippen LogP contribution in [0.5, 0.6) is 0 Å². The molecule has 1 saturated carbocycles. The Labute approximate surface area is 187 Å². The topological polar surface area (TPSA) is 57.6 Å². The number of hydrogen-bond acceptors (Lipinski definition) is 3. The van der Waals surface area contributed by atoms with Gasteiger partial charge < -0.3 is 10.0 Å². The number of halogens is 1. The molecule has 0 radical (unpaired) electrons. The number of hydrogen-bond donors (Lipinski definition) is 1. The van der Waals surface area contributed by atoms with E-state index in [4.69, 9.17) is 11.6 Å². The summed E-state index contributed by atoms with van der Waals surface area (Å²) >= 11 is 6.64. The SMILES string of the molecule is O=C(O)CC1(c2ccc(Cl)c(N(Cc3ccccc3)Cc3ccccc3)c2)CC(=O)C1. The van der Waals surface area contributed by atoms with Crippen molar-refractivity contribution in [2.45, 2.75) is 37.8 Å². The van der Waals surface area contributed by atoms with E-state index in [1.165, 1.54) is 0 Å². The quantitative estimate of drug-likeness (QED) is 0.500. The third-order valence-corrected chi connectivity index (χ3v) is 6.21. The van der Waals surface area contributed by atoms with Gasteiger partial charge >= 0.3 is 5.97 Å². The van der Waals surface area contributed by atoms with Gasteiger partial charge in [0.05, 0.1) is 17.1 Å². The van der Waals surface area contributed by atoms with E-state index in [2.05, 4.69) is 29.2 Å². The zero-order chi connectivity index (χ0) is 21.8. The van der Waals surface area contributed by atoms with E-state index in [1.807, 2.05) is 54.6 Å². The summed E-state index contributed by atoms with van der Waals surface area (Å²) in [5.41, 5.74) is 3.36. The molecule has 1 aliphatic rings. The number of Topliss-reactive ketones (excluding diaryl/α,β-unsaturated/α-hetero) is 1. The second-order valence-electron chi connectivity index (χ2n) is 8.24. The van der Waals surface area contributed by atoms with E-state index in [1.54, 1.807) is 0 Å². The van der Waals surface area contributed by atoms with E-state index in [0.717, 1.165) is 22.4 Å². The van der Waals surface area contributed by atoms with Crippen LogP contribution in [-0.2, 0) is 28.1 Å². The van der Waals surface area contributed by atoms with Crippen molar-refractivity contribution in [1.29, 1.82) is 0 Å². The third-order valence-electron chi connectivity index (χ3n) is 5.89. The highest BCUT2D eigenvalue weighted by atomic mass is 35.5. The fourth-order valence-electron chi connectivity index (χ4n) is 4.34. The molecule has 0 aromatic heterocycles. The van der Waals surface area contributed by atoms with Crippen LogP contribution in [0, 0.1) is 0 Å². The lowest BCUT2D eigenvalue weighted by Gasteiger charge is -2.40. The minimum Gasteiger partial charge on any atom is -0.481 e. The molecule has 0 atom stereocenters. The molecule has 0 amide bonds. The van der Waals surface area contributed by atoms with Crippen molar-refractivity contribution in [3.05, 3.63) is 101 Å². The first kappa shape index (κ1) is 21.1. The molecule has 3 aromatic rings. The smallest absolute Gasteiger partial charge is 0.304 e. The van der Waals surface area contributed by atoms with Crippen LogP contribution < -0.4 is 4.90 Å². The monoisotopic (exact) mass is 433 g/mol. The number of carboxylic acids is 1. The first-order valence-corrected chi connectivity index (χ1v) is 10.7. The lowest BCUT2D eigenvalue weighted by Crippen LogP contribution is -2.43. The van der Waals surface area contributed by atoms with Gasteiger partial charge in [-0.1, -0.05) is 78.3 Å². The van der Waals surface area contributed by atoms with Crippen molar-refractivity contribution >= 4 is 29.0 Å². The molecule has 5 heteroatoms. The Hall–Kier alpha value is -3.11. The largest absolute Gasteiger partial charge is 0.481 e. The lowest BCUT2D eigenvalue weighted by molar-refractivity contribution is -0.141. The van der Waals surface area contributed by atoms with Gasteiger partial charge in [-0.25, -0.2) is 0 Å². The fourth-order valence-corrected chi connectivity index (χ4v) is 4.58. The van der Waals surface area contributed by atoms with Crippen LogP contribution in [-0.4, -0.2) is 16.9 Å². The van der Waals surface area contributed by atoms with Gasteiger partial charge in [0.2, 0.25) is 0 Å². The van der Waals surface area contributed by atoms with E-state index < -0.39 is 11.4 Å². The molecule has 0 aliphatic heterocycles. The molecule has 4 nitrogen and oxygen atoms in total. The lowest BCUT2D eigenvalue weighted by atomic mass is 9.61. The molecule has 0 saturated heterocycles. The van der Waals surface area contributed by atoms with Gasteiger partial charge in [-0.15, -0.1) is 0 Å². The van der Waals surface area contributed by atoms with Crippen molar-refractivity contribution in [2.75, 3.05) is 4.90 Å². The highest BCUT2D eigenvalue weighted by molar-refractivity contribution is 6.33. The molecule has 1 N–H and O–H groups in total. The third kappa shape index (κ3) is 4.80. The number of carboxylic acid groups (broad SMARTS) is 1. The second kappa shape index (κ2) is 8.94. The van der Waals surface area contributed by atoms with Crippen LogP contribution >= 0.6 is 11.6 Å². The summed E-state index contributed by atoms with van der Waals surface area (Å²) in [5, 5.41) is 10.0. The Balaban J connectivity index is 1.72. The van der Waals surface area contributed by atoms with Gasteiger partial charge in [0.25, 0.3) is 0 Å². The normalized spacial score (nSPS) is 14.7. The van der Waals surface area contributed by atoms with E-state index in [9.17, 15) is 14.7 Å². The highest BCUT2D eigenvalue weighted by Gasteiger charge is 2.46. The average molecular weight is 434 g/mol. The molecule has 1 aliphatic carbocycles. The van der Waals surface area contributed by atoms with E-state index in [-0.39, 0.29) is 25.0 Å². The van der Waals surface area contributed by atoms with Crippen LogP contribution in [0.2, 0.25) is 5.02 Å². The molecule has 4 rings (SSSR count). The van der Waals surface area contributed by atoms with Crippen molar-refractivity contribution < 1.29 is 14.7 Å². The molecule has 1 fully saturated rings. The van der Waals surface area contributed by atoms with Gasteiger partial charge in [-0.2, -0.15) is 0 Å². The number of benzene rings is 3. The molecule has 158 valence electrons. The number of carbonyl (C=O) groups is 2. The highest BCUT2D eigenvalue weighted by Crippen LogP contribution is 2.46. The molecule has 31 heavy (non-hydrogen) atoms. The minimum atomic E-state index is -0.894. The Morgan fingerprint density at radius 1 is 0.903 bits per heavy atom. The zero-order valence-corrected chi connectivity index (χ0v) is 17.9. The maximum atomic E-state index is 11.8. The van der Waals surface area contributed by atoms with Gasteiger partial charge in [0.15, 0.2) is 0 Å². The molecular formula is C26H24ClNO3. The maximum Gasteiger partial charge on any atom is 0.304 e. The van der Waals surface area contributed by atoms with E-state index >= 15 is 0 Å². The number of carbonyl (C=O) groups excluding carboxylic acids is 1. The van der Waals surface area contributed by atoms with Crippen LogP contribution in [0.15, 0.2) is 78.9 Å². The van der Waals surface area contributed by atoms with Crippen LogP contribution in [0.25, 0.3) is 0 Å². The second-order valence-corrected chi connectivity index (χ2v) is 8.64. The molecule has 0 unspecified atom stereocenters. The predicted octanol–water partition coefficient (Wildman–Crippen LogP) is 5.62. The first-order valence-electron chi connectivity index (χ1n) is 10.3. The minimum absolute atomic E-state index is 0.0584. The number of anilines is 1. The van der Waals surface area contributed by atoms with Gasteiger partial charge in [0, 0.05) is 31.3 Å². The predicted molar refractivity (Wildman–Crippen MR) is 122 cm³/mol. The summed E-state index contributed by atoms with van der Waals surface area (Å²) in [7, 11) is 0. The molecule has 0 heterocycles. The Kier molecular flexibility index (Phi) is 6.10. The molecule has 0 bridgehead atoms. The standard InChI is InChI=1S/C26H24ClNO3/c27-23-12-11-21(26(16-25(30)31)14-22(29)15-26)13-24(23)28(17-19-7-3-1-4-8-19)18-20-9-5-2-6-10-20/h1-13H,14-18H2,(H,30,31). The molecule has 3 aromatic carbocycles. The van der Waals surface area contributed by atoms with Crippen molar-refractivity contribution in [3.63, 3.8) is 0 Å². The summed E-state index contributed by atoms with van der Waals surface area (Å²) in [6.07, 6.45) is 0.465. The average Bonchev–Trinajstić information content (AvgIpc) is 2.73. The number of rotatable bonds is 8. The van der Waals surface area contributed by atoms with Crippen LogP contribution in [0.3, 0.4) is 0 Å².